The zero-order valence-corrected chi connectivity index (χ0v) is 14.0. The number of anilines is 1. The van der Waals surface area contributed by atoms with Crippen LogP contribution in [0, 0.1) is 5.41 Å². The molecule has 1 atom stereocenters. The van der Waals surface area contributed by atoms with Crippen LogP contribution in [0.15, 0.2) is 47.7 Å². The number of carbonyl (C=O) groups is 3. The lowest BCUT2D eigenvalue weighted by Gasteiger charge is -2.26. The van der Waals surface area contributed by atoms with Crippen molar-refractivity contribution >= 4 is 23.7 Å². The number of ether oxygens (including phenoxy) is 1. The Balaban J connectivity index is 2.08. The van der Waals surface area contributed by atoms with E-state index >= 15 is 0 Å². The summed E-state index contributed by atoms with van der Waals surface area (Å²) in [4.78, 5) is 34.7. The van der Waals surface area contributed by atoms with Crippen LogP contribution >= 0.6 is 0 Å². The molecule has 0 aliphatic heterocycles. The monoisotopic (exact) mass is 382 g/mol. The Morgan fingerprint density at radius 1 is 1.15 bits per heavy atom. The zero-order valence-electron chi connectivity index (χ0n) is 14.0. The number of carboxylic acid groups (broad SMARTS) is 2. The smallest absolute Gasteiger partial charge is 0.387 e. The first-order valence-corrected chi connectivity index (χ1v) is 7.63. The second-order valence-corrected chi connectivity index (χ2v) is 5.91. The van der Waals surface area contributed by atoms with E-state index in [1.165, 1.54) is 43.3 Å². The fraction of sp³-hybridized carbons (Fsp3) is 0.235. The van der Waals surface area contributed by atoms with Gasteiger partial charge in [0.2, 0.25) is 0 Å². The van der Waals surface area contributed by atoms with Gasteiger partial charge in [-0.3, -0.25) is 4.79 Å². The van der Waals surface area contributed by atoms with Gasteiger partial charge in [0.15, 0.2) is 0 Å². The van der Waals surface area contributed by atoms with Crippen molar-refractivity contribution in [1.29, 1.82) is 0 Å². The summed E-state index contributed by atoms with van der Waals surface area (Å²) in [5.74, 6) is -2.63. The second kappa shape index (κ2) is 7.85. The molecule has 1 aliphatic rings. The summed E-state index contributed by atoms with van der Waals surface area (Å²) >= 11 is 0. The Bertz CT molecular complexity index is 819. The van der Waals surface area contributed by atoms with Gasteiger partial charge in [-0.15, -0.1) is 0 Å². The normalized spacial score (nSPS) is 19.0. The number of benzene rings is 1. The van der Waals surface area contributed by atoms with Gasteiger partial charge in [-0.1, -0.05) is 6.08 Å². The Hall–Kier alpha value is -3.43. The number of allylic oxidation sites excluding steroid dienone is 1. The number of carbonyl (C=O) groups excluding carboxylic acids is 1. The van der Waals surface area contributed by atoms with E-state index in [4.69, 9.17) is 0 Å². The molecule has 0 spiro atoms. The maximum Gasteiger partial charge on any atom is 0.387 e. The van der Waals surface area contributed by atoms with Crippen molar-refractivity contribution in [2.45, 2.75) is 20.0 Å². The van der Waals surface area contributed by atoms with E-state index in [2.05, 4.69) is 15.4 Å². The van der Waals surface area contributed by atoms with Crippen LogP contribution in [-0.4, -0.2) is 34.8 Å². The van der Waals surface area contributed by atoms with Gasteiger partial charge < -0.3 is 25.6 Å². The van der Waals surface area contributed by atoms with Crippen molar-refractivity contribution in [3.63, 3.8) is 0 Å². The first-order valence-electron chi connectivity index (χ1n) is 7.63. The minimum absolute atomic E-state index is 0.0450. The lowest BCUT2D eigenvalue weighted by Crippen LogP contribution is -2.35. The number of nitrogens with one attached hydrogen (secondary N) is 2. The summed E-state index contributed by atoms with van der Waals surface area (Å²) in [6.45, 7) is -1.60. The molecule has 1 unspecified atom stereocenters. The van der Waals surface area contributed by atoms with E-state index < -0.39 is 30.0 Å². The van der Waals surface area contributed by atoms with E-state index in [0.717, 1.165) is 0 Å². The molecule has 8 nitrogen and oxygen atoms in total. The number of rotatable bonds is 6. The maximum absolute atomic E-state index is 12.1. The highest BCUT2D eigenvalue weighted by molar-refractivity contribution is 5.95. The highest BCUT2D eigenvalue weighted by Crippen LogP contribution is 2.33. The molecule has 0 aromatic heterocycles. The van der Waals surface area contributed by atoms with E-state index in [0.29, 0.717) is 0 Å². The third-order valence-electron chi connectivity index (χ3n) is 3.82. The number of carboxylic acids is 2. The molecule has 0 radical (unpaired) electrons. The van der Waals surface area contributed by atoms with Gasteiger partial charge in [0, 0.05) is 12.1 Å². The van der Waals surface area contributed by atoms with Gasteiger partial charge in [0.25, 0.3) is 0 Å². The van der Waals surface area contributed by atoms with Crippen LogP contribution in [0.4, 0.5) is 19.3 Å². The van der Waals surface area contributed by atoms with E-state index in [-0.39, 0.29) is 29.1 Å². The molecule has 0 heterocycles. The number of hydrogen-bond acceptors (Lipinski definition) is 4. The van der Waals surface area contributed by atoms with Crippen LogP contribution in [0.3, 0.4) is 0 Å². The average molecular weight is 382 g/mol. The third-order valence-corrected chi connectivity index (χ3v) is 3.82. The van der Waals surface area contributed by atoms with Crippen LogP contribution in [0.2, 0.25) is 0 Å². The molecule has 0 saturated heterocycles. The molecule has 1 aliphatic carbocycles. The molecule has 10 heteroatoms. The standard InChI is InChI=1S/C17H16F2N2O6/c1-17(14(24)25)7-6-12(11(8-17)13(22)23)21-16(26)20-9-2-4-10(5-3-9)27-15(18)19/h2-7,15H,8H2,1H3,(H,22,23)(H,24,25)(H2,20,21,26). The molecular weight excluding hydrogens is 366 g/mol. The average Bonchev–Trinajstić information content (AvgIpc) is 2.57. The number of aliphatic carboxylic acids is 2. The summed E-state index contributed by atoms with van der Waals surface area (Å²) in [5.41, 5.74) is -1.44. The Kier molecular flexibility index (Phi) is 5.78. The summed E-state index contributed by atoms with van der Waals surface area (Å²) in [7, 11) is 0. The molecular formula is C17H16F2N2O6. The minimum atomic E-state index is -2.97. The van der Waals surface area contributed by atoms with Crippen LogP contribution in [-0.2, 0) is 9.59 Å². The van der Waals surface area contributed by atoms with E-state index in [9.17, 15) is 33.4 Å². The number of urea groups is 1. The second-order valence-electron chi connectivity index (χ2n) is 5.91. The van der Waals surface area contributed by atoms with Crippen LogP contribution in [0.1, 0.15) is 13.3 Å². The Labute approximate surface area is 152 Å². The molecule has 27 heavy (non-hydrogen) atoms. The van der Waals surface area contributed by atoms with Gasteiger partial charge >= 0.3 is 24.6 Å². The molecule has 1 aromatic rings. The van der Waals surface area contributed by atoms with Crippen molar-refractivity contribution < 1.29 is 38.1 Å². The van der Waals surface area contributed by atoms with Crippen LogP contribution in [0.5, 0.6) is 5.75 Å². The van der Waals surface area contributed by atoms with E-state index in [1.54, 1.807) is 0 Å². The van der Waals surface area contributed by atoms with Crippen molar-refractivity contribution in [2.75, 3.05) is 5.32 Å². The van der Waals surface area contributed by atoms with Crippen molar-refractivity contribution in [2.24, 2.45) is 5.41 Å². The molecule has 4 N–H and O–H groups in total. The van der Waals surface area contributed by atoms with Crippen LogP contribution < -0.4 is 15.4 Å². The van der Waals surface area contributed by atoms with Crippen molar-refractivity contribution in [3.05, 3.63) is 47.7 Å². The van der Waals surface area contributed by atoms with Gasteiger partial charge in [-0.25, -0.2) is 9.59 Å². The summed E-state index contributed by atoms with van der Waals surface area (Å²) < 4.78 is 28.4. The quantitative estimate of drug-likeness (QED) is 0.600. The molecule has 2 amide bonds. The summed E-state index contributed by atoms with van der Waals surface area (Å²) in [6, 6.07) is 4.31. The Morgan fingerprint density at radius 3 is 2.30 bits per heavy atom. The third kappa shape index (κ3) is 5.03. The summed E-state index contributed by atoms with van der Waals surface area (Å²) in [6.07, 6.45) is 2.22. The molecule has 0 saturated carbocycles. The van der Waals surface area contributed by atoms with Gasteiger partial charge in [-0.05, 0) is 37.3 Å². The number of halogens is 2. The molecule has 0 bridgehead atoms. The van der Waals surface area contributed by atoms with Crippen LogP contribution in [0.25, 0.3) is 0 Å². The summed E-state index contributed by atoms with van der Waals surface area (Å²) in [5, 5.41) is 23.3. The van der Waals surface area contributed by atoms with Crippen molar-refractivity contribution in [3.8, 4) is 5.75 Å². The fourth-order valence-electron chi connectivity index (χ4n) is 2.35. The first-order chi connectivity index (χ1) is 12.6. The highest BCUT2D eigenvalue weighted by atomic mass is 19.3. The zero-order chi connectivity index (χ0) is 20.2. The first kappa shape index (κ1) is 19.9. The lowest BCUT2D eigenvalue weighted by molar-refractivity contribution is -0.145. The lowest BCUT2D eigenvalue weighted by atomic mass is 9.79. The SMILES string of the molecule is CC1(C(=O)O)C=CC(NC(=O)Nc2ccc(OC(F)F)cc2)=C(C(=O)O)C1. The maximum atomic E-state index is 12.1. The largest absolute Gasteiger partial charge is 0.481 e. The molecule has 144 valence electrons. The topological polar surface area (TPSA) is 125 Å². The number of amides is 2. The Morgan fingerprint density at radius 2 is 1.78 bits per heavy atom. The number of hydrogen-bond donors (Lipinski definition) is 4. The van der Waals surface area contributed by atoms with Gasteiger partial charge in [0.05, 0.1) is 16.7 Å². The minimum Gasteiger partial charge on any atom is -0.481 e. The molecule has 1 aromatic carbocycles. The van der Waals surface area contributed by atoms with Gasteiger partial charge in [0.1, 0.15) is 5.75 Å². The predicted octanol–water partition coefficient (Wildman–Crippen LogP) is 2.80. The fourth-order valence-corrected chi connectivity index (χ4v) is 2.35. The van der Waals surface area contributed by atoms with Gasteiger partial charge in [-0.2, -0.15) is 8.78 Å². The molecule has 2 rings (SSSR count). The predicted molar refractivity (Wildman–Crippen MR) is 89.4 cm³/mol. The number of alkyl halides is 2. The van der Waals surface area contributed by atoms with Crippen molar-refractivity contribution in [1.82, 2.24) is 5.32 Å². The highest BCUT2D eigenvalue weighted by Gasteiger charge is 2.37. The van der Waals surface area contributed by atoms with E-state index in [1.807, 2.05) is 0 Å². The molecule has 0 fully saturated rings.